The van der Waals surface area contributed by atoms with Gasteiger partial charge in [-0.25, -0.2) is 0 Å². The van der Waals surface area contributed by atoms with Crippen LogP contribution in [0.2, 0.25) is 0 Å². The Morgan fingerprint density at radius 1 is 1.50 bits per heavy atom. The first kappa shape index (κ1) is 14.0. The number of aliphatic hydroxyl groups excluding tert-OH is 1. The van der Waals surface area contributed by atoms with Crippen molar-refractivity contribution in [3.8, 4) is 0 Å². The summed E-state index contributed by atoms with van der Waals surface area (Å²) in [6.45, 7) is 9.41. The normalized spacial score (nSPS) is 24.9. The van der Waals surface area contributed by atoms with Crippen molar-refractivity contribution < 1.29 is 5.11 Å². The Hall–Kier alpha value is -0.390. The highest BCUT2D eigenvalue weighted by Crippen LogP contribution is 2.28. The van der Waals surface area contributed by atoms with Crippen LogP contribution < -0.4 is 0 Å². The number of nitrogens with zero attached hydrogens (tertiary/aromatic N) is 3. The third kappa shape index (κ3) is 2.49. The SMILES string of the molecule is CCn1nc(C)c(Br)c1CN1CCC(C)C1CO. The number of hydrogen-bond acceptors (Lipinski definition) is 3. The summed E-state index contributed by atoms with van der Waals surface area (Å²) in [5, 5.41) is 14.0. The first-order chi connectivity index (χ1) is 8.58. The quantitative estimate of drug-likeness (QED) is 0.926. The van der Waals surface area contributed by atoms with Gasteiger partial charge in [-0.2, -0.15) is 5.10 Å². The van der Waals surface area contributed by atoms with Gasteiger partial charge in [0.1, 0.15) is 0 Å². The molecule has 1 aromatic heterocycles. The third-order valence-electron chi connectivity index (χ3n) is 3.99. The van der Waals surface area contributed by atoms with Crippen molar-refractivity contribution in [1.29, 1.82) is 0 Å². The van der Waals surface area contributed by atoms with E-state index >= 15 is 0 Å². The predicted molar refractivity (Wildman–Crippen MR) is 75.4 cm³/mol. The minimum absolute atomic E-state index is 0.248. The predicted octanol–water partition coefficient (Wildman–Crippen LogP) is 2.18. The molecule has 0 saturated carbocycles. The molecule has 2 heterocycles. The molecule has 1 aliphatic heterocycles. The fourth-order valence-corrected chi connectivity index (χ4v) is 3.20. The van der Waals surface area contributed by atoms with E-state index in [1.807, 2.05) is 6.92 Å². The minimum atomic E-state index is 0.248. The van der Waals surface area contributed by atoms with Crippen LogP contribution in [0.5, 0.6) is 0 Å². The number of aromatic nitrogens is 2. The van der Waals surface area contributed by atoms with Gasteiger partial charge in [-0.3, -0.25) is 9.58 Å². The van der Waals surface area contributed by atoms with Crippen LogP contribution in [0.3, 0.4) is 0 Å². The first-order valence-corrected chi connectivity index (χ1v) is 7.44. The molecule has 5 heteroatoms. The highest BCUT2D eigenvalue weighted by Gasteiger charge is 2.31. The largest absolute Gasteiger partial charge is 0.395 e. The molecular formula is C13H22BrN3O. The molecule has 0 aliphatic carbocycles. The molecule has 0 radical (unpaired) electrons. The summed E-state index contributed by atoms with van der Waals surface area (Å²) in [5.41, 5.74) is 2.27. The Bertz CT molecular complexity index is 419. The highest BCUT2D eigenvalue weighted by molar-refractivity contribution is 9.10. The second-order valence-electron chi connectivity index (χ2n) is 5.15. The maximum absolute atomic E-state index is 9.51. The molecule has 2 unspecified atom stereocenters. The fraction of sp³-hybridized carbons (Fsp3) is 0.769. The van der Waals surface area contributed by atoms with E-state index in [2.05, 4.69) is 44.5 Å². The van der Waals surface area contributed by atoms with Crippen LogP contribution in [0.1, 0.15) is 31.7 Å². The number of likely N-dealkylation sites (tertiary alicyclic amines) is 1. The van der Waals surface area contributed by atoms with E-state index in [4.69, 9.17) is 0 Å². The van der Waals surface area contributed by atoms with E-state index in [0.29, 0.717) is 5.92 Å². The number of aryl methyl sites for hydroxylation is 2. The molecule has 102 valence electrons. The average molecular weight is 316 g/mol. The second kappa shape index (κ2) is 5.72. The van der Waals surface area contributed by atoms with Crippen molar-refractivity contribution in [3.05, 3.63) is 15.9 Å². The summed E-state index contributed by atoms with van der Waals surface area (Å²) in [6, 6.07) is 0.289. The topological polar surface area (TPSA) is 41.3 Å². The van der Waals surface area contributed by atoms with E-state index in [-0.39, 0.29) is 12.6 Å². The van der Waals surface area contributed by atoms with Gasteiger partial charge in [-0.05, 0) is 48.7 Å². The van der Waals surface area contributed by atoms with Crippen LogP contribution in [0.4, 0.5) is 0 Å². The fourth-order valence-electron chi connectivity index (χ4n) is 2.79. The lowest BCUT2D eigenvalue weighted by Gasteiger charge is -2.25. The van der Waals surface area contributed by atoms with Crippen molar-refractivity contribution in [2.24, 2.45) is 5.92 Å². The van der Waals surface area contributed by atoms with E-state index in [0.717, 1.165) is 29.8 Å². The van der Waals surface area contributed by atoms with Gasteiger partial charge in [-0.15, -0.1) is 0 Å². The third-order valence-corrected chi connectivity index (χ3v) is 5.02. The van der Waals surface area contributed by atoms with Gasteiger partial charge in [0.15, 0.2) is 0 Å². The molecule has 1 aliphatic rings. The summed E-state index contributed by atoms with van der Waals surface area (Å²) in [4.78, 5) is 2.37. The second-order valence-corrected chi connectivity index (χ2v) is 5.94. The molecule has 4 nitrogen and oxygen atoms in total. The van der Waals surface area contributed by atoms with E-state index < -0.39 is 0 Å². The van der Waals surface area contributed by atoms with Crippen molar-refractivity contribution in [2.45, 2.75) is 46.3 Å². The number of aliphatic hydroxyl groups is 1. The van der Waals surface area contributed by atoms with Crippen LogP contribution in [0.15, 0.2) is 4.47 Å². The Morgan fingerprint density at radius 2 is 2.22 bits per heavy atom. The summed E-state index contributed by atoms with van der Waals surface area (Å²) in [7, 11) is 0. The summed E-state index contributed by atoms with van der Waals surface area (Å²) in [5.74, 6) is 0.577. The zero-order valence-corrected chi connectivity index (χ0v) is 12.9. The van der Waals surface area contributed by atoms with Gasteiger partial charge in [0.2, 0.25) is 0 Å². The van der Waals surface area contributed by atoms with Gasteiger partial charge in [0, 0.05) is 19.1 Å². The molecule has 2 atom stereocenters. The van der Waals surface area contributed by atoms with Gasteiger partial charge >= 0.3 is 0 Å². The van der Waals surface area contributed by atoms with Crippen molar-refractivity contribution in [2.75, 3.05) is 13.2 Å². The van der Waals surface area contributed by atoms with E-state index in [1.165, 1.54) is 12.1 Å². The maximum atomic E-state index is 9.51. The van der Waals surface area contributed by atoms with Gasteiger partial charge in [0.05, 0.1) is 22.5 Å². The lowest BCUT2D eigenvalue weighted by Crippen LogP contribution is -2.35. The number of rotatable bonds is 4. The molecule has 0 spiro atoms. The molecule has 18 heavy (non-hydrogen) atoms. The highest BCUT2D eigenvalue weighted by atomic mass is 79.9. The monoisotopic (exact) mass is 315 g/mol. The minimum Gasteiger partial charge on any atom is -0.395 e. The van der Waals surface area contributed by atoms with Gasteiger partial charge in [-0.1, -0.05) is 6.92 Å². The zero-order chi connectivity index (χ0) is 13.3. The van der Waals surface area contributed by atoms with Crippen molar-refractivity contribution in [1.82, 2.24) is 14.7 Å². The van der Waals surface area contributed by atoms with Gasteiger partial charge in [0.25, 0.3) is 0 Å². The number of halogens is 1. The molecule has 1 N–H and O–H groups in total. The molecule has 0 bridgehead atoms. The maximum Gasteiger partial charge on any atom is 0.0739 e. The molecule has 0 aromatic carbocycles. The zero-order valence-electron chi connectivity index (χ0n) is 11.4. The summed E-state index contributed by atoms with van der Waals surface area (Å²) in [6.07, 6.45) is 1.17. The summed E-state index contributed by atoms with van der Waals surface area (Å²) < 4.78 is 3.16. The Kier molecular flexibility index (Phi) is 4.45. The molecule has 1 fully saturated rings. The molecular weight excluding hydrogens is 294 g/mol. The molecule has 0 amide bonds. The first-order valence-electron chi connectivity index (χ1n) is 6.65. The Balaban J connectivity index is 2.19. The standard InChI is InChI=1S/C13H22BrN3O/c1-4-17-11(13(14)10(3)15-17)7-16-6-5-9(2)12(16)8-18/h9,12,18H,4-8H2,1-3H3. The van der Waals surface area contributed by atoms with Crippen LogP contribution >= 0.6 is 15.9 Å². The number of hydrogen-bond donors (Lipinski definition) is 1. The molecule has 2 rings (SSSR count). The smallest absolute Gasteiger partial charge is 0.0739 e. The Labute approximate surface area is 117 Å². The van der Waals surface area contributed by atoms with Crippen molar-refractivity contribution in [3.63, 3.8) is 0 Å². The lowest BCUT2D eigenvalue weighted by molar-refractivity contribution is 0.131. The molecule has 1 aromatic rings. The average Bonchev–Trinajstić information content (AvgIpc) is 2.84. The lowest BCUT2D eigenvalue weighted by atomic mass is 10.0. The molecule has 1 saturated heterocycles. The van der Waals surface area contributed by atoms with Crippen LogP contribution in [-0.2, 0) is 13.1 Å². The van der Waals surface area contributed by atoms with Crippen LogP contribution in [0, 0.1) is 12.8 Å². The summed E-state index contributed by atoms with van der Waals surface area (Å²) >= 11 is 3.63. The van der Waals surface area contributed by atoms with Crippen molar-refractivity contribution >= 4 is 15.9 Å². The van der Waals surface area contributed by atoms with Crippen LogP contribution in [0.25, 0.3) is 0 Å². The van der Waals surface area contributed by atoms with E-state index in [9.17, 15) is 5.11 Å². The van der Waals surface area contributed by atoms with E-state index in [1.54, 1.807) is 0 Å². The van der Waals surface area contributed by atoms with Gasteiger partial charge < -0.3 is 5.11 Å². The Morgan fingerprint density at radius 3 is 2.83 bits per heavy atom. The van der Waals surface area contributed by atoms with Crippen LogP contribution in [-0.4, -0.2) is 39.0 Å².